The highest BCUT2D eigenvalue weighted by molar-refractivity contribution is 7.21. The van der Waals surface area contributed by atoms with E-state index in [0.29, 0.717) is 17.1 Å². The molecule has 0 aliphatic rings. The van der Waals surface area contributed by atoms with Crippen LogP contribution in [0.4, 0.5) is 5.69 Å². The summed E-state index contributed by atoms with van der Waals surface area (Å²) in [6, 6.07) is 6.35. The van der Waals surface area contributed by atoms with Gasteiger partial charge in [-0.3, -0.25) is 4.79 Å². The maximum Gasteiger partial charge on any atom is 0.263 e. The minimum absolute atomic E-state index is 0.0879. The Morgan fingerprint density at radius 2 is 2.15 bits per heavy atom. The third kappa shape index (κ3) is 2.94. The monoisotopic (exact) mass is 291 g/mol. The molecule has 4 nitrogen and oxygen atoms in total. The van der Waals surface area contributed by atoms with Gasteiger partial charge in [0.15, 0.2) is 0 Å². The molecule has 0 aliphatic heterocycles. The van der Waals surface area contributed by atoms with Crippen molar-refractivity contribution < 1.29 is 4.79 Å². The Morgan fingerprint density at radius 1 is 1.45 bits per heavy atom. The number of rotatable bonds is 4. The molecule has 2 aromatic rings. The Balaban J connectivity index is 2.20. The van der Waals surface area contributed by atoms with Gasteiger partial charge in [0.2, 0.25) is 0 Å². The van der Waals surface area contributed by atoms with Crippen LogP contribution in [0.15, 0.2) is 18.2 Å². The van der Waals surface area contributed by atoms with Gasteiger partial charge < -0.3 is 16.0 Å². The van der Waals surface area contributed by atoms with Crippen LogP contribution in [0.5, 0.6) is 0 Å². The number of likely N-dealkylation sites (N-methyl/N-ethyl adjacent to an activating group) is 1. The minimum atomic E-state index is -0.0879. The van der Waals surface area contributed by atoms with Crippen LogP contribution in [0.25, 0.3) is 10.1 Å². The van der Waals surface area contributed by atoms with Gasteiger partial charge in [0, 0.05) is 22.7 Å². The van der Waals surface area contributed by atoms with Crippen molar-refractivity contribution in [2.75, 3.05) is 26.4 Å². The Kier molecular flexibility index (Phi) is 4.30. The van der Waals surface area contributed by atoms with E-state index in [2.05, 4.69) is 23.2 Å². The first kappa shape index (κ1) is 14.8. The van der Waals surface area contributed by atoms with Crippen molar-refractivity contribution in [2.45, 2.75) is 19.9 Å². The number of nitrogens with zero attached hydrogens (tertiary/aromatic N) is 1. The fourth-order valence-corrected chi connectivity index (χ4v) is 3.03. The van der Waals surface area contributed by atoms with Crippen molar-refractivity contribution >= 4 is 33.0 Å². The van der Waals surface area contributed by atoms with Crippen molar-refractivity contribution in [3.05, 3.63) is 28.6 Å². The number of nitrogen functional groups attached to an aromatic ring is 1. The molecule has 0 saturated heterocycles. The van der Waals surface area contributed by atoms with Crippen LogP contribution in [-0.4, -0.2) is 37.5 Å². The molecule has 1 heterocycles. The zero-order valence-corrected chi connectivity index (χ0v) is 13.2. The molecule has 0 bridgehead atoms. The van der Waals surface area contributed by atoms with E-state index in [9.17, 15) is 4.79 Å². The molecule has 1 atom stereocenters. The van der Waals surface area contributed by atoms with E-state index in [-0.39, 0.29) is 11.9 Å². The van der Waals surface area contributed by atoms with E-state index in [4.69, 9.17) is 5.73 Å². The number of hydrogen-bond acceptors (Lipinski definition) is 4. The van der Waals surface area contributed by atoms with Crippen LogP contribution >= 0.6 is 11.3 Å². The molecule has 0 radical (unpaired) electrons. The summed E-state index contributed by atoms with van der Waals surface area (Å²) in [7, 11) is 3.99. The molecule has 0 fully saturated rings. The first-order valence-corrected chi connectivity index (χ1v) is 7.45. The minimum Gasteiger partial charge on any atom is -0.397 e. The number of aryl methyl sites for hydroxylation is 1. The van der Waals surface area contributed by atoms with Gasteiger partial charge in [0.05, 0.1) is 5.69 Å². The van der Waals surface area contributed by atoms with Crippen molar-refractivity contribution in [3.63, 3.8) is 0 Å². The normalized spacial score (nSPS) is 12.8. The molecule has 1 amide bonds. The molecule has 1 aromatic heterocycles. The number of hydrogen-bond donors (Lipinski definition) is 2. The molecule has 1 aromatic carbocycles. The van der Waals surface area contributed by atoms with E-state index in [0.717, 1.165) is 10.1 Å². The summed E-state index contributed by atoms with van der Waals surface area (Å²) in [5.41, 5.74) is 7.85. The lowest BCUT2D eigenvalue weighted by molar-refractivity contribution is 0.0948. The molecule has 3 N–H and O–H groups in total. The quantitative estimate of drug-likeness (QED) is 0.910. The summed E-state index contributed by atoms with van der Waals surface area (Å²) in [6.07, 6.45) is 0. The van der Waals surface area contributed by atoms with Crippen molar-refractivity contribution in [1.29, 1.82) is 0 Å². The second-order valence-corrected chi connectivity index (χ2v) is 6.42. The molecule has 5 heteroatoms. The molecule has 108 valence electrons. The van der Waals surface area contributed by atoms with Gasteiger partial charge in [-0.15, -0.1) is 11.3 Å². The average molecular weight is 291 g/mol. The van der Waals surface area contributed by atoms with E-state index in [1.54, 1.807) is 0 Å². The zero-order chi connectivity index (χ0) is 14.9. The number of nitrogens with one attached hydrogen (secondary N) is 1. The maximum atomic E-state index is 12.2. The molecule has 20 heavy (non-hydrogen) atoms. The summed E-state index contributed by atoms with van der Waals surface area (Å²) in [5, 5.41) is 3.91. The summed E-state index contributed by atoms with van der Waals surface area (Å²) in [5.74, 6) is -0.0879. The standard InChI is InChI=1S/C15H21N3OS/c1-9-5-6-11-12(7-9)20-14(13(11)16)15(19)17-8-10(2)18(3)4/h5-7,10H,8,16H2,1-4H3,(H,17,19). The topological polar surface area (TPSA) is 58.4 Å². The van der Waals surface area contributed by atoms with Gasteiger partial charge in [-0.1, -0.05) is 12.1 Å². The first-order valence-electron chi connectivity index (χ1n) is 6.63. The van der Waals surface area contributed by atoms with Crippen molar-refractivity contribution in [3.8, 4) is 0 Å². The summed E-state index contributed by atoms with van der Waals surface area (Å²) in [4.78, 5) is 14.9. The van der Waals surface area contributed by atoms with E-state index >= 15 is 0 Å². The zero-order valence-electron chi connectivity index (χ0n) is 12.4. The predicted molar refractivity (Wildman–Crippen MR) is 86.5 cm³/mol. The number of benzene rings is 1. The molecular weight excluding hydrogens is 270 g/mol. The number of carbonyl (C=O) groups excluding carboxylic acids is 1. The van der Waals surface area contributed by atoms with Crippen LogP contribution in [0.1, 0.15) is 22.2 Å². The van der Waals surface area contributed by atoms with Crippen molar-refractivity contribution in [1.82, 2.24) is 10.2 Å². The van der Waals surface area contributed by atoms with Gasteiger partial charge in [-0.05, 0) is 39.6 Å². The number of thiophene rings is 1. The number of nitrogens with two attached hydrogens (primary N) is 1. The van der Waals surface area contributed by atoms with Crippen molar-refractivity contribution in [2.24, 2.45) is 0 Å². The lowest BCUT2D eigenvalue weighted by Gasteiger charge is -2.19. The number of anilines is 1. The highest BCUT2D eigenvalue weighted by Gasteiger charge is 2.17. The molecular formula is C15H21N3OS. The van der Waals surface area contributed by atoms with Gasteiger partial charge in [-0.25, -0.2) is 0 Å². The number of amides is 1. The smallest absolute Gasteiger partial charge is 0.263 e. The molecule has 0 aliphatic carbocycles. The maximum absolute atomic E-state index is 12.2. The van der Waals surface area contributed by atoms with Gasteiger partial charge in [-0.2, -0.15) is 0 Å². The van der Waals surface area contributed by atoms with E-state index in [1.807, 2.05) is 33.2 Å². The van der Waals surface area contributed by atoms with Crippen LogP contribution in [-0.2, 0) is 0 Å². The van der Waals surface area contributed by atoms with Crippen LogP contribution in [0.3, 0.4) is 0 Å². The van der Waals surface area contributed by atoms with Gasteiger partial charge >= 0.3 is 0 Å². The second kappa shape index (κ2) is 5.81. The highest BCUT2D eigenvalue weighted by atomic mass is 32.1. The SMILES string of the molecule is Cc1ccc2c(N)c(C(=O)NCC(C)N(C)C)sc2c1. The van der Waals surface area contributed by atoms with E-state index in [1.165, 1.54) is 16.9 Å². The Morgan fingerprint density at radius 3 is 2.80 bits per heavy atom. The summed E-state index contributed by atoms with van der Waals surface area (Å²) < 4.78 is 1.06. The molecule has 1 unspecified atom stereocenters. The third-order valence-electron chi connectivity index (χ3n) is 3.53. The molecule has 0 spiro atoms. The summed E-state index contributed by atoms with van der Waals surface area (Å²) >= 11 is 1.46. The predicted octanol–water partition coefficient (Wildman–Crippen LogP) is 2.47. The Bertz CT molecular complexity index is 633. The highest BCUT2D eigenvalue weighted by Crippen LogP contribution is 2.34. The van der Waals surface area contributed by atoms with E-state index < -0.39 is 0 Å². The fourth-order valence-electron chi connectivity index (χ4n) is 1.90. The largest absolute Gasteiger partial charge is 0.397 e. The van der Waals surface area contributed by atoms with Crippen LogP contribution < -0.4 is 11.1 Å². The second-order valence-electron chi connectivity index (χ2n) is 5.37. The molecule has 0 saturated carbocycles. The van der Waals surface area contributed by atoms with Crippen LogP contribution in [0.2, 0.25) is 0 Å². The first-order chi connectivity index (χ1) is 9.40. The molecule has 2 rings (SSSR count). The Hall–Kier alpha value is -1.59. The van der Waals surface area contributed by atoms with Crippen LogP contribution in [0, 0.1) is 6.92 Å². The summed E-state index contributed by atoms with van der Waals surface area (Å²) in [6.45, 7) is 4.71. The number of carbonyl (C=O) groups is 1. The Labute approximate surface area is 123 Å². The average Bonchev–Trinajstić information content (AvgIpc) is 2.72. The number of fused-ring (bicyclic) bond motifs is 1. The fraction of sp³-hybridized carbons (Fsp3) is 0.400. The lowest BCUT2D eigenvalue weighted by Crippen LogP contribution is -2.38. The lowest BCUT2D eigenvalue weighted by atomic mass is 10.1. The van der Waals surface area contributed by atoms with Gasteiger partial charge in [0.25, 0.3) is 5.91 Å². The van der Waals surface area contributed by atoms with Gasteiger partial charge in [0.1, 0.15) is 4.88 Å². The third-order valence-corrected chi connectivity index (χ3v) is 4.70.